The van der Waals surface area contributed by atoms with E-state index in [1.807, 2.05) is 24.4 Å². The standard InChI is InChI=1S/C15H15NS/c17-12-4-2-5-13-7-9-14(10-8-13)15-6-1-3-11-16-15/h1-3,5-11,17H,4,12H2. The van der Waals surface area contributed by atoms with Crippen molar-refractivity contribution >= 4 is 18.7 Å². The highest BCUT2D eigenvalue weighted by atomic mass is 32.1. The lowest BCUT2D eigenvalue weighted by Gasteiger charge is -2.00. The lowest BCUT2D eigenvalue weighted by molar-refractivity contribution is 1.26. The molecule has 2 heteroatoms. The van der Waals surface area contributed by atoms with Crippen molar-refractivity contribution in [2.24, 2.45) is 0 Å². The molecule has 0 radical (unpaired) electrons. The topological polar surface area (TPSA) is 12.9 Å². The molecule has 0 saturated heterocycles. The summed E-state index contributed by atoms with van der Waals surface area (Å²) in [5.41, 5.74) is 3.38. The molecule has 0 fully saturated rings. The van der Waals surface area contributed by atoms with Gasteiger partial charge >= 0.3 is 0 Å². The van der Waals surface area contributed by atoms with Gasteiger partial charge in [-0.05, 0) is 29.9 Å². The molecule has 0 spiro atoms. The Balaban J connectivity index is 2.13. The maximum atomic E-state index is 4.33. The van der Waals surface area contributed by atoms with Crippen molar-refractivity contribution in [3.63, 3.8) is 0 Å². The minimum atomic E-state index is 0.891. The summed E-state index contributed by atoms with van der Waals surface area (Å²) in [4.78, 5) is 4.33. The number of thiol groups is 1. The van der Waals surface area contributed by atoms with E-state index in [9.17, 15) is 0 Å². The summed E-state index contributed by atoms with van der Waals surface area (Å²) in [6, 6.07) is 14.4. The summed E-state index contributed by atoms with van der Waals surface area (Å²) >= 11 is 4.17. The molecule has 0 aliphatic rings. The minimum Gasteiger partial charge on any atom is -0.256 e. The predicted molar refractivity (Wildman–Crippen MR) is 77.2 cm³/mol. The number of pyridine rings is 1. The monoisotopic (exact) mass is 241 g/mol. The molecule has 0 saturated carbocycles. The van der Waals surface area contributed by atoms with E-state index >= 15 is 0 Å². The fraction of sp³-hybridized carbons (Fsp3) is 0.133. The quantitative estimate of drug-likeness (QED) is 0.796. The smallest absolute Gasteiger partial charge is 0.0701 e. The van der Waals surface area contributed by atoms with Crippen LogP contribution in [-0.2, 0) is 0 Å². The van der Waals surface area contributed by atoms with Crippen LogP contribution >= 0.6 is 12.6 Å². The summed E-state index contributed by atoms with van der Waals surface area (Å²) in [6.45, 7) is 0. The van der Waals surface area contributed by atoms with Crippen molar-refractivity contribution in [2.75, 3.05) is 5.75 Å². The van der Waals surface area contributed by atoms with Gasteiger partial charge in [0, 0.05) is 11.8 Å². The van der Waals surface area contributed by atoms with E-state index in [1.165, 1.54) is 5.56 Å². The largest absolute Gasteiger partial charge is 0.256 e. The van der Waals surface area contributed by atoms with Crippen LogP contribution in [-0.4, -0.2) is 10.7 Å². The van der Waals surface area contributed by atoms with Crippen LogP contribution in [0.25, 0.3) is 17.3 Å². The summed E-state index contributed by atoms with van der Waals surface area (Å²) in [5, 5.41) is 0. The van der Waals surface area contributed by atoms with Gasteiger partial charge < -0.3 is 0 Å². The minimum absolute atomic E-state index is 0.891. The van der Waals surface area contributed by atoms with E-state index in [0.717, 1.165) is 23.4 Å². The molecule has 0 unspecified atom stereocenters. The van der Waals surface area contributed by atoms with Gasteiger partial charge in [0.05, 0.1) is 5.69 Å². The number of allylic oxidation sites excluding steroid dienone is 1. The molecule has 0 aliphatic heterocycles. The Morgan fingerprint density at radius 3 is 2.53 bits per heavy atom. The molecule has 1 aromatic carbocycles. The average molecular weight is 241 g/mol. The molecule has 1 nitrogen and oxygen atoms in total. The predicted octanol–water partition coefficient (Wildman–Crippen LogP) is 4.08. The molecule has 2 rings (SSSR count). The fourth-order valence-corrected chi connectivity index (χ4v) is 1.74. The van der Waals surface area contributed by atoms with Gasteiger partial charge in [-0.3, -0.25) is 4.98 Å². The maximum Gasteiger partial charge on any atom is 0.0701 e. The number of aromatic nitrogens is 1. The van der Waals surface area contributed by atoms with Crippen LogP contribution in [0.2, 0.25) is 0 Å². The van der Waals surface area contributed by atoms with Gasteiger partial charge in [0.1, 0.15) is 0 Å². The van der Waals surface area contributed by atoms with E-state index in [-0.39, 0.29) is 0 Å². The van der Waals surface area contributed by atoms with Gasteiger partial charge in [-0.1, -0.05) is 42.5 Å². The lowest BCUT2D eigenvalue weighted by Crippen LogP contribution is -1.81. The lowest BCUT2D eigenvalue weighted by atomic mass is 10.1. The third kappa shape index (κ3) is 3.46. The van der Waals surface area contributed by atoms with Gasteiger partial charge in [-0.15, -0.1) is 0 Å². The highest BCUT2D eigenvalue weighted by Crippen LogP contribution is 2.17. The van der Waals surface area contributed by atoms with Crippen LogP contribution in [0.1, 0.15) is 12.0 Å². The Hall–Kier alpha value is -1.54. The van der Waals surface area contributed by atoms with Crippen molar-refractivity contribution in [1.29, 1.82) is 0 Å². The molecule has 0 atom stereocenters. The second-order valence-corrected chi connectivity index (χ2v) is 4.20. The van der Waals surface area contributed by atoms with Crippen LogP contribution in [0.3, 0.4) is 0 Å². The summed E-state index contributed by atoms with van der Waals surface area (Å²) in [5.74, 6) is 0.891. The average Bonchev–Trinajstić information content (AvgIpc) is 2.41. The zero-order valence-electron chi connectivity index (χ0n) is 9.58. The molecule has 1 heterocycles. The number of hydrogen-bond acceptors (Lipinski definition) is 2. The summed E-state index contributed by atoms with van der Waals surface area (Å²) in [7, 11) is 0. The molecule has 0 N–H and O–H groups in total. The van der Waals surface area contributed by atoms with Gasteiger partial charge in [0.2, 0.25) is 0 Å². The van der Waals surface area contributed by atoms with Gasteiger partial charge in [0.15, 0.2) is 0 Å². The number of benzene rings is 1. The van der Waals surface area contributed by atoms with E-state index in [1.54, 1.807) is 0 Å². The summed E-state index contributed by atoms with van der Waals surface area (Å²) < 4.78 is 0. The van der Waals surface area contributed by atoms with Crippen LogP contribution in [0.4, 0.5) is 0 Å². The maximum absolute atomic E-state index is 4.33. The van der Waals surface area contributed by atoms with Gasteiger partial charge in [0.25, 0.3) is 0 Å². The second kappa shape index (κ2) is 6.26. The third-order valence-electron chi connectivity index (χ3n) is 2.48. The zero-order valence-corrected chi connectivity index (χ0v) is 10.5. The molecule has 0 aliphatic carbocycles. The van der Waals surface area contributed by atoms with Crippen LogP contribution in [0.5, 0.6) is 0 Å². The summed E-state index contributed by atoms with van der Waals surface area (Å²) in [6.07, 6.45) is 7.09. The van der Waals surface area contributed by atoms with Crippen molar-refractivity contribution < 1.29 is 0 Å². The van der Waals surface area contributed by atoms with Crippen LogP contribution < -0.4 is 0 Å². The zero-order chi connectivity index (χ0) is 11.9. The van der Waals surface area contributed by atoms with Crippen molar-refractivity contribution in [2.45, 2.75) is 6.42 Å². The third-order valence-corrected chi connectivity index (χ3v) is 2.74. The molecule has 17 heavy (non-hydrogen) atoms. The highest BCUT2D eigenvalue weighted by molar-refractivity contribution is 7.80. The Labute approximate surface area is 108 Å². The Morgan fingerprint density at radius 2 is 1.88 bits per heavy atom. The Bertz CT molecular complexity index is 474. The van der Waals surface area contributed by atoms with Crippen LogP contribution in [0, 0.1) is 0 Å². The molecule has 1 aromatic heterocycles. The SMILES string of the molecule is SCCC=Cc1ccc(-c2ccccn2)cc1. The Kier molecular flexibility index (Phi) is 4.39. The molecule has 0 amide bonds. The first kappa shape index (κ1) is 11.9. The van der Waals surface area contributed by atoms with E-state index < -0.39 is 0 Å². The number of hydrogen-bond donors (Lipinski definition) is 1. The molecular formula is C15H15NS. The molecule has 86 valence electrons. The van der Waals surface area contributed by atoms with Crippen molar-refractivity contribution in [3.8, 4) is 11.3 Å². The number of nitrogens with zero attached hydrogens (tertiary/aromatic N) is 1. The van der Waals surface area contributed by atoms with E-state index in [2.05, 4.69) is 54.0 Å². The number of rotatable bonds is 4. The van der Waals surface area contributed by atoms with Gasteiger partial charge in [-0.2, -0.15) is 12.6 Å². The van der Waals surface area contributed by atoms with Crippen LogP contribution in [0.15, 0.2) is 54.7 Å². The van der Waals surface area contributed by atoms with Crippen molar-refractivity contribution in [1.82, 2.24) is 4.98 Å². The molecule has 2 aromatic rings. The highest BCUT2D eigenvalue weighted by Gasteiger charge is 1.96. The fourth-order valence-electron chi connectivity index (χ4n) is 1.59. The molecule has 0 bridgehead atoms. The first-order valence-corrected chi connectivity index (χ1v) is 6.32. The van der Waals surface area contributed by atoms with Gasteiger partial charge in [-0.25, -0.2) is 0 Å². The first-order chi connectivity index (χ1) is 8.40. The molecular weight excluding hydrogens is 226 g/mol. The Morgan fingerprint density at radius 1 is 1.06 bits per heavy atom. The first-order valence-electron chi connectivity index (χ1n) is 5.69. The normalized spacial score (nSPS) is 10.9. The van der Waals surface area contributed by atoms with E-state index in [0.29, 0.717) is 0 Å². The van der Waals surface area contributed by atoms with E-state index in [4.69, 9.17) is 0 Å². The second-order valence-electron chi connectivity index (χ2n) is 3.75. The van der Waals surface area contributed by atoms with Crippen molar-refractivity contribution in [3.05, 3.63) is 60.3 Å².